The van der Waals surface area contributed by atoms with Gasteiger partial charge >= 0.3 is 0 Å². The van der Waals surface area contributed by atoms with E-state index in [4.69, 9.17) is 4.74 Å². The van der Waals surface area contributed by atoms with E-state index < -0.39 is 0 Å². The van der Waals surface area contributed by atoms with Crippen LogP contribution in [0.4, 0.5) is 0 Å². The van der Waals surface area contributed by atoms with Gasteiger partial charge in [-0.2, -0.15) is 0 Å². The second-order valence-electron chi connectivity index (χ2n) is 5.63. The van der Waals surface area contributed by atoms with Crippen molar-refractivity contribution in [3.8, 4) is 0 Å². The molecule has 2 rings (SSSR count). The van der Waals surface area contributed by atoms with Gasteiger partial charge in [0.1, 0.15) is 0 Å². The standard InChI is InChI=1S/C17H28N2O/c1-3-9-18-17(16-8-5-4-7-15(16)2)14-19-10-6-12-20-13-11-19/h4-5,7-8,17-18H,3,6,9-14H2,1-2H3. The van der Waals surface area contributed by atoms with Crippen LogP contribution in [0.15, 0.2) is 24.3 Å². The topological polar surface area (TPSA) is 24.5 Å². The van der Waals surface area contributed by atoms with E-state index in [0.717, 1.165) is 45.8 Å². The largest absolute Gasteiger partial charge is 0.380 e. The highest BCUT2D eigenvalue weighted by molar-refractivity contribution is 5.29. The first kappa shape index (κ1) is 15.5. The predicted octanol–water partition coefficient (Wildman–Crippen LogP) is 2.76. The van der Waals surface area contributed by atoms with Gasteiger partial charge in [-0.1, -0.05) is 31.2 Å². The maximum atomic E-state index is 5.55. The Balaban J connectivity index is 2.04. The number of aryl methyl sites for hydroxylation is 1. The van der Waals surface area contributed by atoms with E-state index >= 15 is 0 Å². The van der Waals surface area contributed by atoms with E-state index in [0.29, 0.717) is 6.04 Å². The molecule has 1 aliphatic heterocycles. The Hall–Kier alpha value is -0.900. The molecule has 3 heteroatoms. The average Bonchev–Trinajstić information content (AvgIpc) is 2.73. The molecule has 1 heterocycles. The first-order valence-electron chi connectivity index (χ1n) is 7.90. The highest BCUT2D eigenvalue weighted by Crippen LogP contribution is 2.19. The quantitative estimate of drug-likeness (QED) is 0.864. The Kier molecular flexibility index (Phi) is 6.51. The number of ether oxygens (including phenoxy) is 1. The summed E-state index contributed by atoms with van der Waals surface area (Å²) in [5.74, 6) is 0. The molecule has 1 unspecified atom stereocenters. The van der Waals surface area contributed by atoms with Gasteiger partial charge in [-0.3, -0.25) is 4.90 Å². The van der Waals surface area contributed by atoms with Crippen LogP contribution in [-0.4, -0.2) is 44.3 Å². The molecule has 0 bridgehead atoms. The molecule has 0 aliphatic carbocycles. The van der Waals surface area contributed by atoms with Crippen LogP contribution in [0.5, 0.6) is 0 Å². The van der Waals surface area contributed by atoms with Crippen molar-refractivity contribution in [3.05, 3.63) is 35.4 Å². The number of nitrogens with zero attached hydrogens (tertiary/aromatic N) is 1. The maximum absolute atomic E-state index is 5.55. The summed E-state index contributed by atoms with van der Waals surface area (Å²) in [6.45, 7) is 10.6. The van der Waals surface area contributed by atoms with Gasteiger partial charge in [-0.25, -0.2) is 0 Å². The van der Waals surface area contributed by atoms with E-state index in [2.05, 4.69) is 48.3 Å². The molecule has 3 nitrogen and oxygen atoms in total. The van der Waals surface area contributed by atoms with E-state index in [9.17, 15) is 0 Å². The van der Waals surface area contributed by atoms with Gasteiger partial charge in [0.15, 0.2) is 0 Å². The van der Waals surface area contributed by atoms with Crippen molar-refractivity contribution in [3.63, 3.8) is 0 Å². The van der Waals surface area contributed by atoms with Crippen LogP contribution in [0.2, 0.25) is 0 Å². The number of nitrogens with one attached hydrogen (secondary N) is 1. The summed E-state index contributed by atoms with van der Waals surface area (Å²) in [4.78, 5) is 2.53. The summed E-state index contributed by atoms with van der Waals surface area (Å²) in [5, 5.41) is 3.71. The molecule has 1 atom stereocenters. The van der Waals surface area contributed by atoms with Crippen molar-refractivity contribution in [1.29, 1.82) is 0 Å². The number of rotatable bonds is 6. The molecule has 112 valence electrons. The van der Waals surface area contributed by atoms with E-state index in [1.54, 1.807) is 0 Å². The fraction of sp³-hybridized carbons (Fsp3) is 0.647. The van der Waals surface area contributed by atoms with Crippen LogP contribution < -0.4 is 5.32 Å². The summed E-state index contributed by atoms with van der Waals surface area (Å²) in [7, 11) is 0. The molecule has 0 amide bonds. The first-order chi connectivity index (χ1) is 9.81. The zero-order chi connectivity index (χ0) is 14.2. The van der Waals surface area contributed by atoms with Crippen LogP contribution in [-0.2, 0) is 4.74 Å². The van der Waals surface area contributed by atoms with Gasteiger partial charge in [0, 0.05) is 32.3 Å². The second kappa shape index (κ2) is 8.40. The molecule has 1 N–H and O–H groups in total. The van der Waals surface area contributed by atoms with Crippen molar-refractivity contribution in [2.45, 2.75) is 32.7 Å². The van der Waals surface area contributed by atoms with Crippen LogP contribution >= 0.6 is 0 Å². The molecule has 1 aromatic carbocycles. The molecule has 0 spiro atoms. The Morgan fingerprint density at radius 1 is 1.25 bits per heavy atom. The molecule has 0 saturated carbocycles. The fourth-order valence-corrected chi connectivity index (χ4v) is 2.81. The maximum Gasteiger partial charge on any atom is 0.0593 e. The summed E-state index contributed by atoms with van der Waals surface area (Å²) < 4.78 is 5.55. The third kappa shape index (κ3) is 4.58. The summed E-state index contributed by atoms with van der Waals surface area (Å²) in [6.07, 6.45) is 2.32. The Bertz CT molecular complexity index is 386. The Labute approximate surface area is 123 Å². The summed E-state index contributed by atoms with van der Waals surface area (Å²) >= 11 is 0. The molecular weight excluding hydrogens is 248 g/mol. The van der Waals surface area contributed by atoms with Gasteiger partial charge in [0.2, 0.25) is 0 Å². The minimum Gasteiger partial charge on any atom is -0.380 e. The van der Waals surface area contributed by atoms with Crippen molar-refractivity contribution in [2.75, 3.05) is 39.4 Å². The van der Waals surface area contributed by atoms with Gasteiger partial charge in [0.25, 0.3) is 0 Å². The highest BCUT2D eigenvalue weighted by Gasteiger charge is 2.18. The van der Waals surface area contributed by atoms with Crippen molar-refractivity contribution in [1.82, 2.24) is 10.2 Å². The lowest BCUT2D eigenvalue weighted by Crippen LogP contribution is -2.37. The fourth-order valence-electron chi connectivity index (χ4n) is 2.81. The van der Waals surface area contributed by atoms with Crippen LogP contribution in [0, 0.1) is 6.92 Å². The number of benzene rings is 1. The zero-order valence-corrected chi connectivity index (χ0v) is 12.9. The lowest BCUT2D eigenvalue weighted by Gasteiger charge is -2.28. The molecule has 20 heavy (non-hydrogen) atoms. The lowest BCUT2D eigenvalue weighted by molar-refractivity contribution is 0.139. The molecule has 0 radical (unpaired) electrons. The minimum atomic E-state index is 0.425. The molecule has 1 aromatic rings. The third-order valence-corrected chi connectivity index (χ3v) is 3.96. The minimum absolute atomic E-state index is 0.425. The van der Waals surface area contributed by atoms with Crippen molar-refractivity contribution >= 4 is 0 Å². The van der Waals surface area contributed by atoms with E-state index in [-0.39, 0.29) is 0 Å². The third-order valence-electron chi connectivity index (χ3n) is 3.96. The Morgan fingerprint density at radius 2 is 2.10 bits per heavy atom. The summed E-state index contributed by atoms with van der Waals surface area (Å²) in [6, 6.07) is 9.16. The average molecular weight is 276 g/mol. The molecular formula is C17H28N2O. The van der Waals surface area contributed by atoms with Crippen molar-refractivity contribution < 1.29 is 4.74 Å². The molecule has 1 saturated heterocycles. The van der Waals surface area contributed by atoms with Crippen molar-refractivity contribution in [2.24, 2.45) is 0 Å². The van der Waals surface area contributed by atoms with Gasteiger partial charge in [-0.15, -0.1) is 0 Å². The van der Waals surface area contributed by atoms with Gasteiger partial charge in [-0.05, 0) is 37.4 Å². The van der Waals surface area contributed by atoms with Crippen LogP contribution in [0.3, 0.4) is 0 Å². The van der Waals surface area contributed by atoms with Crippen LogP contribution in [0.25, 0.3) is 0 Å². The molecule has 1 fully saturated rings. The smallest absolute Gasteiger partial charge is 0.0593 e. The van der Waals surface area contributed by atoms with Gasteiger partial charge < -0.3 is 10.1 Å². The van der Waals surface area contributed by atoms with Crippen LogP contribution in [0.1, 0.15) is 36.9 Å². The summed E-state index contributed by atoms with van der Waals surface area (Å²) in [5.41, 5.74) is 2.82. The second-order valence-corrected chi connectivity index (χ2v) is 5.63. The lowest BCUT2D eigenvalue weighted by atomic mass is 10.0. The number of hydrogen-bond donors (Lipinski definition) is 1. The monoisotopic (exact) mass is 276 g/mol. The SMILES string of the molecule is CCCNC(CN1CCCOCC1)c1ccccc1C. The molecule has 1 aliphatic rings. The van der Waals surface area contributed by atoms with E-state index in [1.807, 2.05) is 0 Å². The normalized spacial score (nSPS) is 18.7. The molecule has 0 aromatic heterocycles. The number of hydrogen-bond acceptors (Lipinski definition) is 3. The predicted molar refractivity (Wildman–Crippen MR) is 84.1 cm³/mol. The zero-order valence-electron chi connectivity index (χ0n) is 12.9. The Morgan fingerprint density at radius 3 is 2.90 bits per heavy atom. The van der Waals surface area contributed by atoms with Gasteiger partial charge in [0.05, 0.1) is 6.61 Å². The van der Waals surface area contributed by atoms with E-state index in [1.165, 1.54) is 17.5 Å². The highest BCUT2D eigenvalue weighted by atomic mass is 16.5. The first-order valence-corrected chi connectivity index (χ1v) is 7.90.